The largest absolute Gasteiger partial charge is 0.497 e. The zero-order chi connectivity index (χ0) is 16.7. The van der Waals surface area contributed by atoms with Gasteiger partial charge in [-0.15, -0.1) is 5.10 Å². The van der Waals surface area contributed by atoms with Crippen molar-refractivity contribution < 1.29 is 9.47 Å². The first-order valence-electron chi connectivity index (χ1n) is 7.19. The van der Waals surface area contributed by atoms with E-state index in [4.69, 9.17) is 9.47 Å². The highest BCUT2D eigenvalue weighted by atomic mass is 16.5. The Bertz CT molecular complexity index is 635. The van der Waals surface area contributed by atoms with Crippen molar-refractivity contribution in [1.29, 1.82) is 0 Å². The summed E-state index contributed by atoms with van der Waals surface area (Å²) in [6, 6.07) is 5.50. The molecule has 0 radical (unpaired) electrons. The number of anilines is 3. The Morgan fingerprint density at radius 3 is 2.70 bits per heavy atom. The standard InChI is InChI=1S/C15H22N6O2/c1-21(2)8-7-16-15-19-14(10-17-20-15)18-12-6-5-11(22-3)9-13(12)23-4/h5-6,9-10H,7-8H2,1-4H3,(H2,16,18,19,20). The molecule has 0 unspecified atom stereocenters. The van der Waals surface area contributed by atoms with E-state index >= 15 is 0 Å². The molecule has 0 amide bonds. The van der Waals surface area contributed by atoms with E-state index in [2.05, 4.69) is 30.7 Å². The molecule has 124 valence electrons. The lowest BCUT2D eigenvalue weighted by Gasteiger charge is -2.13. The van der Waals surface area contributed by atoms with Gasteiger partial charge in [0, 0.05) is 19.2 Å². The molecule has 2 rings (SSSR count). The van der Waals surface area contributed by atoms with Crippen molar-refractivity contribution in [2.24, 2.45) is 0 Å². The van der Waals surface area contributed by atoms with Crippen molar-refractivity contribution in [3.05, 3.63) is 24.4 Å². The van der Waals surface area contributed by atoms with Crippen LogP contribution in [0.4, 0.5) is 17.5 Å². The number of methoxy groups -OCH3 is 2. The second kappa shape index (κ2) is 8.14. The van der Waals surface area contributed by atoms with Crippen LogP contribution in [-0.4, -0.2) is 61.5 Å². The summed E-state index contributed by atoms with van der Waals surface area (Å²) in [4.78, 5) is 6.46. The predicted molar refractivity (Wildman–Crippen MR) is 89.7 cm³/mol. The average Bonchev–Trinajstić information content (AvgIpc) is 2.55. The van der Waals surface area contributed by atoms with Gasteiger partial charge in [-0.3, -0.25) is 0 Å². The van der Waals surface area contributed by atoms with Gasteiger partial charge in [-0.2, -0.15) is 10.1 Å². The Balaban J connectivity index is 2.08. The fraction of sp³-hybridized carbons (Fsp3) is 0.400. The summed E-state index contributed by atoms with van der Waals surface area (Å²) < 4.78 is 10.5. The van der Waals surface area contributed by atoms with Gasteiger partial charge in [0.05, 0.1) is 26.1 Å². The zero-order valence-electron chi connectivity index (χ0n) is 13.8. The van der Waals surface area contributed by atoms with Crippen LogP contribution in [0.25, 0.3) is 0 Å². The first kappa shape index (κ1) is 16.8. The Kier molecular flexibility index (Phi) is 5.93. The lowest BCUT2D eigenvalue weighted by Crippen LogP contribution is -2.21. The van der Waals surface area contributed by atoms with E-state index in [1.54, 1.807) is 26.5 Å². The zero-order valence-corrected chi connectivity index (χ0v) is 13.8. The summed E-state index contributed by atoms with van der Waals surface area (Å²) in [5, 5.41) is 14.2. The molecule has 1 heterocycles. The topological polar surface area (TPSA) is 84.4 Å². The molecule has 1 aromatic carbocycles. The molecule has 2 N–H and O–H groups in total. The summed E-state index contributed by atoms with van der Waals surface area (Å²) in [6.45, 7) is 1.62. The maximum Gasteiger partial charge on any atom is 0.244 e. The van der Waals surface area contributed by atoms with Crippen LogP contribution in [0, 0.1) is 0 Å². The second-order valence-electron chi connectivity index (χ2n) is 5.09. The molecule has 0 aliphatic carbocycles. The Labute approximate surface area is 135 Å². The number of benzene rings is 1. The highest BCUT2D eigenvalue weighted by Crippen LogP contribution is 2.30. The molecular formula is C15H22N6O2. The van der Waals surface area contributed by atoms with E-state index in [9.17, 15) is 0 Å². The maximum atomic E-state index is 5.35. The summed E-state index contributed by atoms with van der Waals surface area (Å²) in [6.07, 6.45) is 1.56. The van der Waals surface area contributed by atoms with E-state index in [1.807, 2.05) is 26.2 Å². The van der Waals surface area contributed by atoms with Crippen LogP contribution in [0.15, 0.2) is 24.4 Å². The molecule has 0 spiro atoms. The number of ether oxygens (including phenoxy) is 2. The summed E-state index contributed by atoms with van der Waals surface area (Å²) >= 11 is 0. The molecule has 1 aromatic heterocycles. The van der Waals surface area contributed by atoms with E-state index in [1.165, 1.54) is 0 Å². The van der Waals surface area contributed by atoms with E-state index in [0.717, 1.165) is 24.5 Å². The van der Waals surface area contributed by atoms with Gasteiger partial charge < -0.3 is 25.0 Å². The van der Waals surface area contributed by atoms with Crippen LogP contribution in [0.1, 0.15) is 0 Å². The van der Waals surface area contributed by atoms with Crippen LogP contribution in [0.3, 0.4) is 0 Å². The second-order valence-corrected chi connectivity index (χ2v) is 5.09. The molecule has 23 heavy (non-hydrogen) atoms. The van der Waals surface area contributed by atoms with Crippen LogP contribution < -0.4 is 20.1 Å². The molecule has 0 atom stereocenters. The van der Waals surface area contributed by atoms with Crippen LogP contribution in [0.2, 0.25) is 0 Å². The van der Waals surface area contributed by atoms with Crippen LogP contribution in [-0.2, 0) is 0 Å². The summed E-state index contributed by atoms with van der Waals surface area (Å²) in [5.41, 5.74) is 0.771. The summed E-state index contributed by atoms with van der Waals surface area (Å²) in [7, 11) is 7.23. The third-order valence-corrected chi connectivity index (χ3v) is 3.07. The fourth-order valence-corrected chi connectivity index (χ4v) is 1.87. The predicted octanol–water partition coefficient (Wildman–Crippen LogP) is 1.61. The van der Waals surface area contributed by atoms with Gasteiger partial charge in [0.15, 0.2) is 5.82 Å². The molecule has 2 aromatic rings. The highest BCUT2D eigenvalue weighted by Gasteiger charge is 2.07. The lowest BCUT2D eigenvalue weighted by molar-refractivity contribution is 0.395. The molecular weight excluding hydrogens is 296 g/mol. The monoisotopic (exact) mass is 318 g/mol. The number of hydrogen-bond acceptors (Lipinski definition) is 8. The molecule has 0 bridgehead atoms. The fourth-order valence-electron chi connectivity index (χ4n) is 1.87. The van der Waals surface area contributed by atoms with Gasteiger partial charge in [0.2, 0.25) is 5.95 Å². The minimum atomic E-state index is 0.476. The Morgan fingerprint density at radius 2 is 2.00 bits per heavy atom. The number of nitrogens with zero attached hydrogens (tertiary/aromatic N) is 4. The third kappa shape index (κ3) is 4.96. The number of hydrogen-bond donors (Lipinski definition) is 2. The van der Waals surface area contributed by atoms with E-state index < -0.39 is 0 Å². The van der Waals surface area contributed by atoms with Crippen molar-refractivity contribution in [3.63, 3.8) is 0 Å². The SMILES string of the molecule is COc1ccc(Nc2cnnc(NCCN(C)C)n2)c(OC)c1. The van der Waals surface area contributed by atoms with Gasteiger partial charge in [-0.25, -0.2) is 0 Å². The number of aromatic nitrogens is 3. The van der Waals surface area contributed by atoms with Gasteiger partial charge in [-0.05, 0) is 26.2 Å². The van der Waals surface area contributed by atoms with Crippen LogP contribution in [0.5, 0.6) is 11.5 Å². The van der Waals surface area contributed by atoms with Crippen molar-refractivity contribution in [2.75, 3.05) is 52.0 Å². The quantitative estimate of drug-likeness (QED) is 0.759. The van der Waals surface area contributed by atoms with Crippen molar-refractivity contribution >= 4 is 17.5 Å². The molecule has 0 aliphatic heterocycles. The molecule has 0 saturated carbocycles. The van der Waals surface area contributed by atoms with E-state index in [0.29, 0.717) is 17.5 Å². The highest BCUT2D eigenvalue weighted by molar-refractivity contribution is 5.65. The van der Waals surface area contributed by atoms with Crippen molar-refractivity contribution in [3.8, 4) is 11.5 Å². The van der Waals surface area contributed by atoms with Gasteiger partial charge >= 0.3 is 0 Å². The van der Waals surface area contributed by atoms with E-state index in [-0.39, 0.29) is 0 Å². The summed E-state index contributed by atoms with van der Waals surface area (Å²) in [5.74, 6) is 2.43. The molecule has 8 heteroatoms. The normalized spacial score (nSPS) is 10.5. The first-order valence-corrected chi connectivity index (χ1v) is 7.19. The van der Waals surface area contributed by atoms with Crippen molar-refractivity contribution in [2.45, 2.75) is 0 Å². The Morgan fingerprint density at radius 1 is 1.17 bits per heavy atom. The molecule has 0 aliphatic rings. The number of rotatable bonds is 8. The maximum absolute atomic E-state index is 5.35. The number of nitrogens with one attached hydrogen (secondary N) is 2. The Hall–Kier alpha value is -2.61. The van der Waals surface area contributed by atoms with Crippen molar-refractivity contribution in [1.82, 2.24) is 20.1 Å². The molecule has 0 saturated heterocycles. The number of likely N-dealkylation sites (N-methyl/N-ethyl adjacent to an activating group) is 1. The first-order chi connectivity index (χ1) is 11.1. The minimum absolute atomic E-state index is 0.476. The lowest BCUT2D eigenvalue weighted by atomic mass is 10.2. The van der Waals surface area contributed by atoms with Gasteiger partial charge in [0.1, 0.15) is 11.5 Å². The third-order valence-electron chi connectivity index (χ3n) is 3.07. The molecule has 8 nitrogen and oxygen atoms in total. The average molecular weight is 318 g/mol. The minimum Gasteiger partial charge on any atom is -0.497 e. The van der Waals surface area contributed by atoms with Gasteiger partial charge in [-0.1, -0.05) is 0 Å². The smallest absolute Gasteiger partial charge is 0.244 e. The van der Waals surface area contributed by atoms with Crippen LogP contribution >= 0.6 is 0 Å². The molecule has 0 fully saturated rings. The van der Waals surface area contributed by atoms with Gasteiger partial charge in [0.25, 0.3) is 0 Å².